The van der Waals surface area contributed by atoms with Gasteiger partial charge in [-0.3, -0.25) is 37.3 Å². The minimum atomic E-state index is -4.96. The van der Waals surface area contributed by atoms with Crippen LogP contribution >= 0.6 is 15.6 Å². The molecule has 0 aromatic carbocycles. The Balaban J connectivity index is 5.26. The van der Waals surface area contributed by atoms with E-state index < -0.39 is 97.5 Å². The van der Waals surface area contributed by atoms with E-state index in [1.54, 1.807) is 0 Å². The van der Waals surface area contributed by atoms with Gasteiger partial charge in [0.1, 0.15) is 19.3 Å². The van der Waals surface area contributed by atoms with Crippen LogP contribution in [-0.4, -0.2) is 96.7 Å². The highest BCUT2D eigenvalue weighted by Gasteiger charge is 2.30. The van der Waals surface area contributed by atoms with Gasteiger partial charge in [0.15, 0.2) is 12.2 Å². The van der Waals surface area contributed by atoms with Gasteiger partial charge in [-0.05, 0) is 43.4 Å². The largest absolute Gasteiger partial charge is 0.472 e. The zero-order valence-electron chi connectivity index (χ0n) is 62.1. The fraction of sp³-hybridized carbons (Fsp3) is 0.947. The molecule has 17 nitrogen and oxygen atoms in total. The highest BCUT2D eigenvalue weighted by molar-refractivity contribution is 7.47. The molecule has 0 heterocycles. The fourth-order valence-corrected chi connectivity index (χ4v) is 13.2. The summed E-state index contributed by atoms with van der Waals surface area (Å²) in [6, 6.07) is 0. The van der Waals surface area contributed by atoms with Crippen molar-refractivity contribution in [3.8, 4) is 0 Å². The van der Waals surface area contributed by atoms with E-state index >= 15 is 0 Å². The first kappa shape index (κ1) is 93.1. The van der Waals surface area contributed by atoms with E-state index in [4.69, 9.17) is 37.0 Å². The molecule has 0 aliphatic heterocycles. The molecular formula is C76H148O17P2. The minimum absolute atomic E-state index is 0.105. The normalized spacial score (nSPS) is 14.1. The Hall–Kier alpha value is -1.94. The van der Waals surface area contributed by atoms with Crippen molar-refractivity contribution in [1.82, 2.24) is 0 Å². The summed E-state index contributed by atoms with van der Waals surface area (Å²) in [5.74, 6) is 0.132. The van der Waals surface area contributed by atoms with E-state index in [9.17, 15) is 43.2 Å². The number of unbranched alkanes of at least 4 members (excludes halogenated alkanes) is 42. The molecule has 95 heavy (non-hydrogen) atoms. The standard InChI is InChI=1S/C76H148O17P2/c1-8-9-10-11-12-13-14-15-16-17-18-19-22-29-38-45-52-59-75(80)92-71(63-86-73(78)57-50-43-36-28-23-20-21-26-33-40-47-54-67(2)3)65-90-94(82,83)88-61-70(77)62-89-95(84,85)91-66-72(64-87-74(79)58-51-44-37-32-31-35-42-49-56-69(6)7)93-76(81)60-53-46-39-30-25-24-27-34-41-48-55-68(4)5/h67-72,77H,8-66H2,1-7H3,(H,82,83)(H,84,85)/t70-,71-,72-/m1/s1. The van der Waals surface area contributed by atoms with E-state index in [0.29, 0.717) is 25.7 Å². The zero-order chi connectivity index (χ0) is 70.1. The third kappa shape index (κ3) is 70.3. The van der Waals surface area contributed by atoms with Crippen molar-refractivity contribution in [2.75, 3.05) is 39.6 Å². The molecule has 0 aliphatic rings. The second-order valence-electron chi connectivity index (χ2n) is 28.8. The Morgan fingerprint density at radius 1 is 0.284 bits per heavy atom. The number of carbonyl (C=O) groups is 4. The van der Waals surface area contributed by atoms with Crippen molar-refractivity contribution in [2.24, 2.45) is 17.8 Å². The quantitative estimate of drug-likeness (QED) is 0.0222. The molecule has 0 aromatic rings. The molecule has 3 N–H and O–H groups in total. The molecule has 0 aromatic heterocycles. The average Bonchev–Trinajstić information content (AvgIpc) is 2.31. The average molecular weight is 1400 g/mol. The van der Waals surface area contributed by atoms with Crippen LogP contribution in [0.25, 0.3) is 0 Å². The molecule has 5 atom stereocenters. The van der Waals surface area contributed by atoms with Gasteiger partial charge in [0.2, 0.25) is 0 Å². The molecule has 0 spiro atoms. The van der Waals surface area contributed by atoms with Gasteiger partial charge < -0.3 is 33.8 Å². The molecule has 2 unspecified atom stereocenters. The number of hydrogen-bond acceptors (Lipinski definition) is 15. The van der Waals surface area contributed by atoms with Crippen LogP contribution in [-0.2, 0) is 65.4 Å². The van der Waals surface area contributed by atoms with Crippen LogP contribution in [0.5, 0.6) is 0 Å². The smallest absolute Gasteiger partial charge is 0.462 e. The van der Waals surface area contributed by atoms with E-state index in [0.717, 1.165) is 108 Å². The van der Waals surface area contributed by atoms with Crippen LogP contribution < -0.4 is 0 Å². The summed E-state index contributed by atoms with van der Waals surface area (Å²) in [6.07, 6.45) is 52.7. The summed E-state index contributed by atoms with van der Waals surface area (Å²) in [5, 5.41) is 10.6. The van der Waals surface area contributed by atoms with Gasteiger partial charge in [0.25, 0.3) is 0 Å². The van der Waals surface area contributed by atoms with Gasteiger partial charge in [-0.1, -0.05) is 337 Å². The van der Waals surface area contributed by atoms with Crippen LogP contribution in [0, 0.1) is 17.8 Å². The first-order valence-corrected chi connectivity index (χ1v) is 42.3. The number of aliphatic hydroxyl groups is 1. The van der Waals surface area contributed by atoms with Gasteiger partial charge in [-0.2, -0.15) is 0 Å². The first-order chi connectivity index (χ1) is 45.7. The molecule has 0 bridgehead atoms. The van der Waals surface area contributed by atoms with Gasteiger partial charge in [0.05, 0.1) is 26.4 Å². The van der Waals surface area contributed by atoms with Crippen molar-refractivity contribution in [3.63, 3.8) is 0 Å². The van der Waals surface area contributed by atoms with E-state index in [-0.39, 0.29) is 25.7 Å². The summed E-state index contributed by atoms with van der Waals surface area (Å²) in [7, 11) is -9.91. The molecule has 0 amide bonds. The highest BCUT2D eigenvalue weighted by Crippen LogP contribution is 2.45. The van der Waals surface area contributed by atoms with Crippen LogP contribution in [0.3, 0.4) is 0 Å². The second kappa shape index (κ2) is 66.6. The predicted molar refractivity (Wildman–Crippen MR) is 386 cm³/mol. The molecule has 19 heteroatoms. The van der Waals surface area contributed by atoms with Gasteiger partial charge in [-0.15, -0.1) is 0 Å². The maximum absolute atomic E-state index is 13.1. The first-order valence-electron chi connectivity index (χ1n) is 39.3. The van der Waals surface area contributed by atoms with E-state index in [1.807, 2.05) is 0 Å². The Bertz CT molecular complexity index is 1850. The van der Waals surface area contributed by atoms with E-state index in [1.165, 1.54) is 199 Å². The summed E-state index contributed by atoms with van der Waals surface area (Å²) in [6.45, 7) is 11.9. The Morgan fingerprint density at radius 2 is 0.484 bits per heavy atom. The van der Waals surface area contributed by atoms with Gasteiger partial charge in [0, 0.05) is 25.7 Å². The number of ether oxygens (including phenoxy) is 4. The molecule has 0 fully saturated rings. The number of phosphoric ester groups is 2. The van der Waals surface area contributed by atoms with E-state index in [2.05, 4.69) is 48.5 Å². The molecule has 0 saturated heterocycles. The van der Waals surface area contributed by atoms with Gasteiger partial charge >= 0.3 is 39.5 Å². The summed E-state index contributed by atoms with van der Waals surface area (Å²) >= 11 is 0. The second-order valence-corrected chi connectivity index (χ2v) is 31.7. The van der Waals surface area contributed by atoms with Crippen LogP contribution in [0.1, 0.15) is 389 Å². The van der Waals surface area contributed by atoms with Crippen LogP contribution in [0.15, 0.2) is 0 Å². The molecular weight excluding hydrogens is 1250 g/mol. The fourth-order valence-electron chi connectivity index (χ4n) is 11.6. The lowest BCUT2D eigenvalue weighted by molar-refractivity contribution is -0.161. The monoisotopic (exact) mass is 1400 g/mol. The molecule has 0 aliphatic carbocycles. The van der Waals surface area contributed by atoms with Crippen molar-refractivity contribution < 1.29 is 80.2 Å². The zero-order valence-corrected chi connectivity index (χ0v) is 63.9. The maximum Gasteiger partial charge on any atom is 0.472 e. The van der Waals surface area contributed by atoms with Crippen molar-refractivity contribution in [1.29, 1.82) is 0 Å². The molecule has 0 rings (SSSR count). The number of carbonyl (C=O) groups excluding carboxylic acids is 4. The molecule has 564 valence electrons. The third-order valence-corrected chi connectivity index (χ3v) is 19.5. The Labute approximate surface area is 581 Å². The molecule has 0 radical (unpaired) electrons. The van der Waals surface area contributed by atoms with Gasteiger partial charge in [-0.25, -0.2) is 9.13 Å². The van der Waals surface area contributed by atoms with Crippen LogP contribution in [0.2, 0.25) is 0 Å². The maximum atomic E-state index is 13.1. The van der Waals surface area contributed by atoms with Crippen molar-refractivity contribution in [3.05, 3.63) is 0 Å². The topological polar surface area (TPSA) is 237 Å². The third-order valence-electron chi connectivity index (χ3n) is 17.6. The number of esters is 4. The lowest BCUT2D eigenvalue weighted by Gasteiger charge is -2.21. The number of phosphoric acid groups is 2. The SMILES string of the molecule is CCCCCCCCCCCCCCCCCCCC(=O)O[C@H](COC(=O)CCCCCCCCCCCCCC(C)C)COP(=O)(O)OC[C@@H](O)COP(=O)(O)OC[C@@H](COC(=O)CCCCCCCCCCC(C)C)OC(=O)CCCCCCCCCCCCC(C)C. The number of aliphatic hydroxyl groups excluding tert-OH is 1. The summed E-state index contributed by atoms with van der Waals surface area (Å²) in [4.78, 5) is 72.8. The lowest BCUT2D eigenvalue weighted by atomic mass is 10.0. The summed E-state index contributed by atoms with van der Waals surface area (Å²) < 4.78 is 68.5. The lowest BCUT2D eigenvalue weighted by Crippen LogP contribution is -2.30. The van der Waals surface area contributed by atoms with Crippen molar-refractivity contribution in [2.45, 2.75) is 407 Å². The van der Waals surface area contributed by atoms with Crippen LogP contribution in [0.4, 0.5) is 0 Å². The Kier molecular flexibility index (Phi) is 65.2. The minimum Gasteiger partial charge on any atom is -0.462 e. The highest BCUT2D eigenvalue weighted by atomic mass is 31.2. The molecule has 0 saturated carbocycles. The Morgan fingerprint density at radius 3 is 0.716 bits per heavy atom. The van der Waals surface area contributed by atoms with Crippen molar-refractivity contribution >= 4 is 39.5 Å². The number of rotatable bonds is 74. The number of hydrogen-bond donors (Lipinski definition) is 3. The predicted octanol–water partition coefficient (Wildman–Crippen LogP) is 22.2. The summed E-state index contributed by atoms with van der Waals surface area (Å²) in [5.41, 5.74) is 0.